The average molecular weight is 327 g/mol. The van der Waals surface area contributed by atoms with Crippen molar-refractivity contribution in [2.75, 3.05) is 13.2 Å². The predicted molar refractivity (Wildman–Crippen MR) is 64.8 cm³/mol. The number of sulfonamides is 1. The second-order valence-corrected chi connectivity index (χ2v) is 5.92. The van der Waals surface area contributed by atoms with E-state index in [1.807, 2.05) is 0 Å². The van der Waals surface area contributed by atoms with Crippen LogP contribution in [0.2, 0.25) is 0 Å². The topological polar surface area (TPSA) is 97.1 Å². The van der Waals surface area contributed by atoms with Crippen LogP contribution in [0.5, 0.6) is 0 Å². The molecule has 0 aliphatic carbocycles. The number of hydrogen-bond donors (Lipinski definition) is 2. The molecule has 0 unspecified atom stereocenters. The lowest BCUT2D eigenvalue weighted by atomic mass is 10.2. The Labute approximate surface area is 108 Å². The van der Waals surface area contributed by atoms with Crippen molar-refractivity contribution in [3.05, 3.63) is 4.60 Å². The fourth-order valence-electron chi connectivity index (χ4n) is 1.30. The molecule has 0 aliphatic rings. The minimum absolute atomic E-state index is 0.0136. The van der Waals surface area contributed by atoms with E-state index in [1.165, 1.54) is 11.7 Å². The van der Waals surface area contributed by atoms with Gasteiger partial charge >= 0.3 is 0 Å². The largest absolute Gasteiger partial charge is 0.396 e. The Morgan fingerprint density at radius 2 is 2.12 bits per heavy atom. The molecule has 0 aromatic carbocycles. The lowest BCUT2D eigenvalue weighted by Crippen LogP contribution is -2.27. The molecular weight excluding hydrogens is 312 g/mol. The van der Waals surface area contributed by atoms with E-state index in [4.69, 9.17) is 5.11 Å². The number of nitrogens with zero attached hydrogens (tertiary/aromatic N) is 3. The lowest BCUT2D eigenvalue weighted by molar-refractivity contribution is 0.283. The Balaban J connectivity index is 2.58. The first kappa shape index (κ1) is 14.6. The van der Waals surface area contributed by atoms with Crippen LogP contribution in [-0.4, -0.2) is 41.7 Å². The molecule has 0 aliphatic heterocycles. The molecule has 1 aromatic rings. The fraction of sp³-hybridized carbons (Fsp3) is 0.750. The molecule has 17 heavy (non-hydrogen) atoms. The van der Waals surface area contributed by atoms with Crippen LogP contribution in [-0.2, 0) is 17.1 Å². The Hall–Kier alpha value is -0.510. The third kappa shape index (κ3) is 4.02. The maximum Gasteiger partial charge on any atom is 0.260 e. The first-order valence-electron chi connectivity index (χ1n) is 5.14. The van der Waals surface area contributed by atoms with Gasteiger partial charge in [-0.3, -0.25) is 0 Å². The zero-order valence-corrected chi connectivity index (χ0v) is 11.8. The van der Waals surface area contributed by atoms with Gasteiger partial charge in [-0.25, -0.2) is 17.8 Å². The van der Waals surface area contributed by atoms with Crippen LogP contribution in [0, 0.1) is 0 Å². The maximum absolute atomic E-state index is 11.9. The molecule has 0 bridgehead atoms. The van der Waals surface area contributed by atoms with Gasteiger partial charge in [-0.1, -0.05) is 5.21 Å². The maximum atomic E-state index is 11.9. The summed E-state index contributed by atoms with van der Waals surface area (Å²) in [5.74, 6) is 0. The van der Waals surface area contributed by atoms with Crippen molar-refractivity contribution in [3.63, 3.8) is 0 Å². The van der Waals surface area contributed by atoms with Gasteiger partial charge in [-0.05, 0) is 35.2 Å². The van der Waals surface area contributed by atoms with E-state index >= 15 is 0 Å². The molecule has 9 heteroatoms. The predicted octanol–water partition coefficient (Wildman–Crippen LogP) is 0.0185. The number of hydrogen-bond acceptors (Lipinski definition) is 5. The van der Waals surface area contributed by atoms with E-state index in [-0.39, 0.29) is 16.2 Å². The standard InChI is InChI=1S/C8H15BrN4O3S/c1-13-8(7(9)11-12-13)17(15,16)10-5-3-2-4-6-14/h10,14H,2-6H2,1H3. The van der Waals surface area contributed by atoms with E-state index < -0.39 is 10.0 Å². The first-order chi connectivity index (χ1) is 7.99. The van der Waals surface area contributed by atoms with Crippen molar-refractivity contribution < 1.29 is 13.5 Å². The third-order valence-electron chi connectivity index (χ3n) is 2.12. The Bertz CT molecular complexity index is 440. The molecule has 7 nitrogen and oxygen atoms in total. The van der Waals surface area contributed by atoms with E-state index in [2.05, 4.69) is 31.0 Å². The van der Waals surface area contributed by atoms with Gasteiger partial charge < -0.3 is 5.11 Å². The van der Waals surface area contributed by atoms with Crippen molar-refractivity contribution >= 4 is 26.0 Å². The highest BCUT2D eigenvalue weighted by Crippen LogP contribution is 2.17. The first-order valence-corrected chi connectivity index (χ1v) is 7.42. The van der Waals surface area contributed by atoms with Gasteiger partial charge in [0.15, 0.2) is 4.60 Å². The highest BCUT2D eigenvalue weighted by atomic mass is 79.9. The number of aliphatic hydroxyl groups is 1. The molecule has 2 N–H and O–H groups in total. The van der Waals surface area contributed by atoms with Crippen LogP contribution in [0.4, 0.5) is 0 Å². The van der Waals surface area contributed by atoms with E-state index in [9.17, 15) is 8.42 Å². The highest BCUT2D eigenvalue weighted by molar-refractivity contribution is 9.10. The molecule has 0 saturated carbocycles. The summed E-state index contributed by atoms with van der Waals surface area (Å²) in [4.78, 5) is 0. The lowest BCUT2D eigenvalue weighted by Gasteiger charge is -2.06. The van der Waals surface area contributed by atoms with Crippen LogP contribution in [0.1, 0.15) is 19.3 Å². The van der Waals surface area contributed by atoms with Crippen molar-refractivity contribution in [1.29, 1.82) is 0 Å². The monoisotopic (exact) mass is 326 g/mol. The Morgan fingerprint density at radius 3 is 2.65 bits per heavy atom. The average Bonchev–Trinajstić information content (AvgIpc) is 2.58. The summed E-state index contributed by atoms with van der Waals surface area (Å²) in [5, 5.41) is 15.8. The second kappa shape index (κ2) is 6.43. The summed E-state index contributed by atoms with van der Waals surface area (Å²) < 4.78 is 27.6. The second-order valence-electron chi connectivity index (χ2n) is 3.49. The highest BCUT2D eigenvalue weighted by Gasteiger charge is 2.22. The van der Waals surface area contributed by atoms with Crippen molar-refractivity contribution in [3.8, 4) is 0 Å². The van der Waals surface area contributed by atoms with Crippen LogP contribution in [0.15, 0.2) is 9.63 Å². The number of aromatic nitrogens is 3. The molecule has 0 saturated heterocycles. The van der Waals surface area contributed by atoms with Crippen molar-refractivity contribution in [2.45, 2.75) is 24.3 Å². The summed E-state index contributed by atoms with van der Waals surface area (Å²) in [6, 6.07) is 0. The number of nitrogens with one attached hydrogen (secondary N) is 1. The van der Waals surface area contributed by atoms with Gasteiger partial charge in [-0.15, -0.1) is 5.10 Å². The minimum atomic E-state index is -3.59. The smallest absolute Gasteiger partial charge is 0.260 e. The van der Waals surface area contributed by atoms with Gasteiger partial charge in [0.2, 0.25) is 5.03 Å². The number of aliphatic hydroxyl groups excluding tert-OH is 1. The molecule has 0 amide bonds. The van der Waals surface area contributed by atoms with Crippen molar-refractivity contribution in [1.82, 2.24) is 19.7 Å². The normalized spacial score (nSPS) is 11.9. The van der Waals surface area contributed by atoms with Gasteiger partial charge in [0.1, 0.15) is 0 Å². The molecule has 0 atom stereocenters. The zero-order chi connectivity index (χ0) is 12.9. The summed E-state index contributed by atoms with van der Waals surface area (Å²) in [6.07, 6.45) is 2.14. The molecule has 0 fully saturated rings. The van der Waals surface area contributed by atoms with Crippen molar-refractivity contribution in [2.24, 2.45) is 7.05 Å². The number of halogens is 1. The molecule has 98 valence electrons. The Kier molecular flexibility index (Phi) is 5.50. The summed E-state index contributed by atoms with van der Waals surface area (Å²) >= 11 is 3.04. The van der Waals surface area contributed by atoms with Gasteiger partial charge in [-0.2, -0.15) is 0 Å². The molecule has 1 heterocycles. The number of rotatable bonds is 7. The van der Waals surface area contributed by atoms with Crippen LogP contribution in [0.3, 0.4) is 0 Å². The number of unbranched alkanes of at least 4 members (excludes halogenated alkanes) is 2. The van der Waals surface area contributed by atoms with Crippen LogP contribution >= 0.6 is 15.9 Å². The summed E-state index contributed by atoms with van der Waals surface area (Å²) in [5.41, 5.74) is 0. The van der Waals surface area contributed by atoms with Gasteiger partial charge in [0.05, 0.1) is 0 Å². The minimum Gasteiger partial charge on any atom is -0.396 e. The molecule has 1 aromatic heterocycles. The number of aryl methyl sites for hydroxylation is 1. The SMILES string of the molecule is Cn1nnc(Br)c1S(=O)(=O)NCCCCCO. The molecule has 0 radical (unpaired) electrons. The van der Waals surface area contributed by atoms with Gasteiger partial charge in [0.25, 0.3) is 10.0 Å². The van der Waals surface area contributed by atoms with E-state index in [0.29, 0.717) is 19.4 Å². The summed E-state index contributed by atoms with van der Waals surface area (Å²) in [6.45, 7) is 0.462. The van der Waals surface area contributed by atoms with Crippen LogP contribution in [0.25, 0.3) is 0 Å². The van der Waals surface area contributed by atoms with E-state index in [1.54, 1.807) is 0 Å². The Morgan fingerprint density at radius 1 is 1.41 bits per heavy atom. The van der Waals surface area contributed by atoms with Crippen LogP contribution < -0.4 is 4.72 Å². The molecule has 1 rings (SSSR count). The summed E-state index contributed by atoms with van der Waals surface area (Å²) in [7, 11) is -2.07. The third-order valence-corrected chi connectivity index (χ3v) is 4.47. The quantitative estimate of drug-likeness (QED) is 0.688. The molecular formula is C8H15BrN4O3S. The van der Waals surface area contributed by atoms with E-state index in [0.717, 1.165) is 6.42 Å². The fourth-order valence-corrected chi connectivity index (χ4v) is 3.46. The van der Waals surface area contributed by atoms with Gasteiger partial charge in [0, 0.05) is 20.2 Å². The molecule has 0 spiro atoms. The zero-order valence-electron chi connectivity index (χ0n) is 9.43.